The molecule has 0 aromatic rings. The fourth-order valence-corrected chi connectivity index (χ4v) is 2.68. The van der Waals surface area contributed by atoms with E-state index in [1.54, 1.807) is 0 Å². The highest BCUT2D eigenvalue weighted by atomic mass is 16.5. The Morgan fingerprint density at radius 1 is 1.43 bits per heavy atom. The molecule has 1 aliphatic carbocycles. The van der Waals surface area contributed by atoms with Gasteiger partial charge in [0.2, 0.25) is 0 Å². The molecule has 0 aromatic carbocycles. The van der Waals surface area contributed by atoms with Gasteiger partial charge < -0.3 is 10.1 Å². The second-order valence-electron chi connectivity index (χ2n) is 5.25. The summed E-state index contributed by atoms with van der Waals surface area (Å²) in [5.74, 6) is 0.681. The van der Waals surface area contributed by atoms with Crippen LogP contribution in [0.1, 0.15) is 40.0 Å². The van der Waals surface area contributed by atoms with E-state index in [0.717, 1.165) is 12.8 Å². The van der Waals surface area contributed by atoms with Gasteiger partial charge >= 0.3 is 6.09 Å². The minimum absolute atomic E-state index is 0.279. The Morgan fingerprint density at radius 2 is 2.07 bits per heavy atom. The quantitative estimate of drug-likeness (QED) is 0.704. The summed E-state index contributed by atoms with van der Waals surface area (Å²) in [6, 6.07) is 0.279. The fourth-order valence-electron chi connectivity index (χ4n) is 2.68. The van der Waals surface area contributed by atoms with Crippen LogP contribution in [0, 0.1) is 11.3 Å². The summed E-state index contributed by atoms with van der Waals surface area (Å²) in [4.78, 5) is 11.1. The molecule has 82 valence electrons. The number of rotatable bonds is 1. The lowest BCUT2D eigenvalue weighted by Gasteiger charge is -2.38. The van der Waals surface area contributed by atoms with E-state index in [0.29, 0.717) is 11.3 Å². The summed E-state index contributed by atoms with van der Waals surface area (Å²) in [6.07, 6.45) is 3.05. The van der Waals surface area contributed by atoms with Crippen molar-refractivity contribution in [2.45, 2.75) is 46.1 Å². The fraction of sp³-hybridized carbons (Fsp3) is 0.909. The molecule has 0 saturated heterocycles. The summed E-state index contributed by atoms with van der Waals surface area (Å²) in [6.45, 7) is 6.76. The number of hydrogen-bond donors (Lipinski definition) is 1. The molecular formula is C11H21NO2. The normalized spacial score (nSPS) is 30.9. The Labute approximate surface area is 86.2 Å². The zero-order valence-electron chi connectivity index (χ0n) is 9.59. The molecule has 0 bridgehead atoms. The largest absolute Gasteiger partial charge is 0.453 e. The van der Waals surface area contributed by atoms with Crippen molar-refractivity contribution < 1.29 is 9.53 Å². The van der Waals surface area contributed by atoms with Crippen molar-refractivity contribution in [3.8, 4) is 0 Å². The summed E-state index contributed by atoms with van der Waals surface area (Å²) in [5.41, 5.74) is 0.337. The summed E-state index contributed by atoms with van der Waals surface area (Å²) in [5, 5.41) is 2.89. The van der Waals surface area contributed by atoms with Gasteiger partial charge in [-0.2, -0.15) is 0 Å². The minimum atomic E-state index is -0.306. The van der Waals surface area contributed by atoms with E-state index in [-0.39, 0.29) is 12.1 Å². The number of carbonyl (C=O) groups excluding carboxylic acids is 1. The molecular weight excluding hydrogens is 178 g/mol. The molecule has 1 aliphatic rings. The Bertz CT molecular complexity index is 213. The molecule has 1 fully saturated rings. The van der Waals surface area contributed by atoms with Crippen molar-refractivity contribution in [1.82, 2.24) is 5.32 Å². The molecule has 2 atom stereocenters. The van der Waals surface area contributed by atoms with Gasteiger partial charge in [0.15, 0.2) is 0 Å². The van der Waals surface area contributed by atoms with Gasteiger partial charge in [0.05, 0.1) is 7.11 Å². The summed E-state index contributed by atoms with van der Waals surface area (Å²) in [7, 11) is 1.41. The maximum atomic E-state index is 11.1. The van der Waals surface area contributed by atoms with Crippen LogP contribution in [-0.2, 0) is 4.74 Å². The average molecular weight is 199 g/mol. The minimum Gasteiger partial charge on any atom is -0.453 e. The van der Waals surface area contributed by atoms with E-state index in [4.69, 9.17) is 0 Å². The molecule has 1 N–H and O–H groups in total. The second-order valence-corrected chi connectivity index (χ2v) is 5.25. The molecule has 0 aromatic heterocycles. The van der Waals surface area contributed by atoms with E-state index in [1.165, 1.54) is 13.5 Å². The lowest BCUT2D eigenvalue weighted by molar-refractivity contribution is 0.130. The Balaban J connectivity index is 2.50. The third-order valence-corrected chi connectivity index (χ3v) is 2.89. The van der Waals surface area contributed by atoms with Crippen LogP contribution in [-0.4, -0.2) is 19.2 Å². The first-order chi connectivity index (χ1) is 6.43. The first kappa shape index (κ1) is 11.3. The SMILES string of the molecule is COC(=O)NC1CC(C)CC(C)(C)C1. The molecule has 3 heteroatoms. The summed E-state index contributed by atoms with van der Waals surface area (Å²) >= 11 is 0. The van der Waals surface area contributed by atoms with Gasteiger partial charge in [-0.25, -0.2) is 4.79 Å². The van der Waals surface area contributed by atoms with Crippen molar-refractivity contribution in [1.29, 1.82) is 0 Å². The van der Waals surface area contributed by atoms with Crippen LogP contribution in [0.5, 0.6) is 0 Å². The van der Waals surface area contributed by atoms with E-state index < -0.39 is 0 Å². The number of hydrogen-bond acceptors (Lipinski definition) is 2. The topological polar surface area (TPSA) is 38.3 Å². The number of nitrogens with one attached hydrogen (secondary N) is 1. The van der Waals surface area contributed by atoms with E-state index in [2.05, 4.69) is 30.8 Å². The van der Waals surface area contributed by atoms with Crippen LogP contribution in [0.15, 0.2) is 0 Å². The second kappa shape index (κ2) is 4.20. The third-order valence-electron chi connectivity index (χ3n) is 2.89. The Hall–Kier alpha value is -0.730. The van der Waals surface area contributed by atoms with Crippen molar-refractivity contribution in [2.24, 2.45) is 11.3 Å². The molecule has 0 spiro atoms. The van der Waals surface area contributed by atoms with E-state index >= 15 is 0 Å². The molecule has 3 nitrogen and oxygen atoms in total. The van der Waals surface area contributed by atoms with Crippen molar-refractivity contribution >= 4 is 6.09 Å². The number of methoxy groups -OCH3 is 1. The predicted octanol–water partition coefficient (Wildman–Crippen LogP) is 2.56. The van der Waals surface area contributed by atoms with Crippen molar-refractivity contribution in [3.63, 3.8) is 0 Å². The van der Waals surface area contributed by atoms with Crippen LogP contribution < -0.4 is 5.32 Å². The molecule has 1 saturated carbocycles. The van der Waals surface area contributed by atoms with Gasteiger partial charge in [-0.15, -0.1) is 0 Å². The molecule has 1 amide bonds. The van der Waals surface area contributed by atoms with Gasteiger partial charge in [0.1, 0.15) is 0 Å². The van der Waals surface area contributed by atoms with Gasteiger partial charge in [-0.3, -0.25) is 0 Å². The average Bonchev–Trinajstić information content (AvgIpc) is 1.99. The lowest BCUT2D eigenvalue weighted by Crippen LogP contribution is -2.42. The van der Waals surface area contributed by atoms with Crippen LogP contribution in [0.4, 0.5) is 4.79 Å². The number of alkyl carbamates (subject to hydrolysis) is 1. The molecule has 14 heavy (non-hydrogen) atoms. The van der Waals surface area contributed by atoms with Crippen LogP contribution in [0.2, 0.25) is 0 Å². The highest BCUT2D eigenvalue weighted by molar-refractivity contribution is 5.67. The van der Waals surface area contributed by atoms with Gasteiger partial charge in [-0.05, 0) is 30.6 Å². The lowest BCUT2D eigenvalue weighted by atomic mass is 9.71. The van der Waals surface area contributed by atoms with Gasteiger partial charge in [-0.1, -0.05) is 20.8 Å². The van der Waals surface area contributed by atoms with Crippen LogP contribution in [0.25, 0.3) is 0 Å². The van der Waals surface area contributed by atoms with Gasteiger partial charge in [0, 0.05) is 6.04 Å². The molecule has 0 heterocycles. The highest BCUT2D eigenvalue weighted by Gasteiger charge is 2.32. The maximum Gasteiger partial charge on any atom is 0.407 e. The highest BCUT2D eigenvalue weighted by Crippen LogP contribution is 2.38. The molecule has 0 radical (unpaired) electrons. The third kappa shape index (κ3) is 3.20. The zero-order valence-corrected chi connectivity index (χ0v) is 9.59. The number of carbonyl (C=O) groups is 1. The standard InChI is InChI=1S/C11H21NO2/c1-8-5-9(12-10(13)14-4)7-11(2,3)6-8/h8-9H,5-7H2,1-4H3,(H,12,13). The Morgan fingerprint density at radius 3 is 2.57 bits per heavy atom. The van der Waals surface area contributed by atoms with E-state index in [1.807, 2.05) is 0 Å². The first-order valence-corrected chi connectivity index (χ1v) is 5.27. The van der Waals surface area contributed by atoms with Crippen LogP contribution >= 0.6 is 0 Å². The predicted molar refractivity (Wildman–Crippen MR) is 56.1 cm³/mol. The molecule has 0 aliphatic heterocycles. The zero-order chi connectivity index (χ0) is 10.8. The van der Waals surface area contributed by atoms with Crippen molar-refractivity contribution in [3.05, 3.63) is 0 Å². The maximum absolute atomic E-state index is 11.1. The molecule has 1 rings (SSSR count). The van der Waals surface area contributed by atoms with Crippen molar-refractivity contribution in [2.75, 3.05) is 7.11 Å². The first-order valence-electron chi connectivity index (χ1n) is 5.27. The number of amides is 1. The van der Waals surface area contributed by atoms with Gasteiger partial charge in [0.25, 0.3) is 0 Å². The smallest absolute Gasteiger partial charge is 0.407 e. The van der Waals surface area contributed by atoms with Crippen LogP contribution in [0.3, 0.4) is 0 Å². The molecule has 2 unspecified atom stereocenters. The Kier molecular flexibility index (Phi) is 3.40. The summed E-state index contributed by atoms with van der Waals surface area (Å²) < 4.78 is 4.61. The number of ether oxygens (including phenoxy) is 1. The monoisotopic (exact) mass is 199 g/mol. The van der Waals surface area contributed by atoms with E-state index in [9.17, 15) is 4.79 Å².